The zero-order valence-electron chi connectivity index (χ0n) is 16.9. The van der Waals surface area contributed by atoms with Gasteiger partial charge in [-0.15, -0.1) is 0 Å². The Kier molecular flexibility index (Phi) is 8.59. The van der Waals surface area contributed by atoms with Crippen LogP contribution >= 0.6 is 0 Å². The smallest absolute Gasteiger partial charge is 0.354 e. The van der Waals surface area contributed by atoms with E-state index in [1.807, 2.05) is 45.0 Å². The Labute approximate surface area is 167 Å². The number of carbonyl (C=O) groups is 1. The number of rotatable bonds is 6. The molecule has 1 saturated carbocycles. The van der Waals surface area contributed by atoms with Crippen LogP contribution in [-0.2, 0) is 9.53 Å². The molecule has 1 fully saturated rings. The molecular formula is C22H30N4O2. The van der Waals surface area contributed by atoms with Crippen molar-refractivity contribution in [3.05, 3.63) is 53.9 Å². The average molecular weight is 383 g/mol. The first-order valence-corrected chi connectivity index (χ1v) is 10.0. The lowest BCUT2D eigenvalue weighted by atomic mass is 9.97. The Morgan fingerprint density at radius 2 is 1.71 bits per heavy atom. The summed E-state index contributed by atoms with van der Waals surface area (Å²) in [5.41, 5.74) is 1.78. The van der Waals surface area contributed by atoms with Crippen molar-refractivity contribution >= 4 is 17.6 Å². The summed E-state index contributed by atoms with van der Waals surface area (Å²) in [7, 11) is 0. The van der Waals surface area contributed by atoms with Crippen LogP contribution in [0.5, 0.6) is 0 Å². The van der Waals surface area contributed by atoms with Crippen LogP contribution in [-0.4, -0.2) is 27.8 Å². The van der Waals surface area contributed by atoms with E-state index in [2.05, 4.69) is 15.3 Å². The summed E-state index contributed by atoms with van der Waals surface area (Å²) >= 11 is 0. The third-order valence-corrected chi connectivity index (χ3v) is 4.58. The molecule has 28 heavy (non-hydrogen) atoms. The minimum atomic E-state index is -0.658. The van der Waals surface area contributed by atoms with Gasteiger partial charge in [-0.25, -0.2) is 14.8 Å². The molecule has 1 aromatic heterocycles. The van der Waals surface area contributed by atoms with E-state index in [9.17, 15) is 4.79 Å². The van der Waals surface area contributed by atoms with Crippen molar-refractivity contribution in [1.29, 1.82) is 5.41 Å². The third-order valence-electron chi connectivity index (χ3n) is 4.58. The summed E-state index contributed by atoms with van der Waals surface area (Å²) in [5, 5.41) is 11.5. The summed E-state index contributed by atoms with van der Waals surface area (Å²) in [4.78, 5) is 20.9. The first-order chi connectivity index (χ1) is 13.6. The molecule has 0 bridgehead atoms. The van der Waals surface area contributed by atoms with E-state index in [-0.39, 0.29) is 11.8 Å². The highest BCUT2D eigenvalue weighted by atomic mass is 16.5. The second-order valence-corrected chi connectivity index (χ2v) is 6.64. The maximum absolute atomic E-state index is 12.6. The Balaban J connectivity index is 0.00000136. The molecule has 1 unspecified atom stereocenters. The zero-order valence-corrected chi connectivity index (χ0v) is 16.9. The van der Waals surface area contributed by atoms with Gasteiger partial charge in [0.25, 0.3) is 0 Å². The van der Waals surface area contributed by atoms with E-state index in [0.29, 0.717) is 5.95 Å². The number of nitrogens with zero attached hydrogens (tertiary/aromatic N) is 2. The second kappa shape index (κ2) is 11.2. The van der Waals surface area contributed by atoms with Gasteiger partial charge in [-0.2, -0.15) is 0 Å². The lowest BCUT2D eigenvalue weighted by Gasteiger charge is -2.24. The van der Waals surface area contributed by atoms with Crippen LogP contribution in [0.15, 0.2) is 42.7 Å². The highest BCUT2D eigenvalue weighted by molar-refractivity contribution is 6.37. The van der Waals surface area contributed by atoms with Crippen molar-refractivity contribution in [2.75, 3.05) is 5.32 Å². The van der Waals surface area contributed by atoms with Crippen molar-refractivity contribution in [2.24, 2.45) is 0 Å². The minimum Gasteiger partial charge on any atom is -0.458 e. The van der Waals surface area contributed by atoms with E-state index in [4.69, 9.17) is 10.1 Å². The molecule has 2 N–H and O–H groups in total. The van der Waals surface area contributed by atoms with Crippen LogP contribution in [0, 0.1) is 12.3 Å². The van der Waals surface area contributed by atoms with Gasteiger partial charge in [0.1, 0.15) is 17.9 Å². The molecule has 3 rings (SSSR count). The molecule has 0 radical (unpaired) electrons. The molecule has 1 atom stereocenters. The Morgan fingerprint density at radius 3 is 2.32 bits per heavy atom. The van der Waals surface area contributed by atoms with Crippen LogP contribution in [0.4, 0.5) is 5.95 Å². The van der Waals surface area contributed by atoms with Gasteiger partial charge in [0.05, 0.1) is 0 Å². The van der Waals surface area contributed by atoms with Crippen LogP contribution < -0.4 is 5.32 Å². The number of hydrogen-bond donors (Lipinski definition) is 2. The minimum absolute atomic E-state index is 0.0803. The maximum Gasteiger partial charge on any atom is 0.354 e. The molecule has 2 aromatic rings. The normalized spacial score (nSPS) is 15.0. The monoisotopic (exact) mass is 382 g/mol. The number of carbonyl (C=O) groups excluding carboxylic acids is 1. The molecule has 0 saturated heterocycles. The highest BCUT2D eigenvalue weighted by Crippen LogP contribution is 2.23. The molecule has 6 heteroatoms. The van der Waals surface area contributed by atoms with E-state index in [1.54, 1.807) is 18.5 Å². The Hall–Kier alpha value is -2.76. The summed E-state index contributed by atoms with van der Waals surface area (Å²) < 4.78 is 5.57. The number of hydrogen-bond acceptors (Lipinski definition) is 6. The first kappa shape index (κ1) is 21.5. The van der Waals surface area contributed by atoms with E-state index < -0.39 is 12.0 Å². The predicted octanol–water partition coefficient (Wildman–Crippen LogP) is 4.86. The zero-order chi connectivity index (χ0) is 20.4. The standard InChI is InChI=1S/C20H24N4O2.C2H6/c1-14-8-10-15(11-9-14)18(24-20-22-12-5-13-23-20)17(21)19(25)26-16-6-3-2-4-7-16;1-2/h5,8-13,16,18,21H,2-4,6-7H2,1H3,(H,22,23,24);1-2H3. The van der Waals surface area contributed by atoms with Crippen molar-refractivity contribution < 1.29 is 9.53 Å². The molecule has 1 aromatic carbocycles. The van der Waals surface area contributed by atoms with Gasteiger partial charge in [0.2, 0.25) is 5.95 Å². The lowest BCUT2D eigenvalue weighted by Crippen LogP contribution is -2.32. The Morgan fingerprint density at radius 1 is 1.11 bits per heavy atom. The topological polar surface area (TPSA) is 88.0 Å². The number of aromatic nitrogens is 2. The number of nitrogens with one attached hydrogen (secondary N) is 2. The molecule has 0 spiro atoms. The highest BCUT2D eigenvalue weighted by Gasteiger charge is 2.28. The molecule has 1 aliphatic rings. The fourth-order valence-corrected chi connectivity index (χ4v) is 3.10. The van der Waals surface area contributed by atoms with Gasteiger partial charge in [0.15, 0.2) is 0 Å². The summed E-state index contributed by atoms with van der Waals surface area (Å²) in [6, 6.07) is 8.77. The number of esters is 1. The van der Waals surface area contributed by atoms with Gasteiger partial charge >= 0.3 is 5.97 Å². The van der Waals surface area contributed by atoms with Crippen LogP contribution in [0.2, 0.25) is 0 Å². The van der Waals surface area contributed by atoms with Crippen molar-refractivity contribution in [3.8, 4) is 0 Å². The quantitative estimate of drug-likeness (QED) is 0.550. The van der Waals surface area contributed by atoms with E-state index in [0.717, 1.165) is 36.8 Å². The number of anilines is 1. The van der Waals surface area contributed by atoms with Gasteiger partial charge in [-0.05, 0) is 44.2 Å². The van der Waals surface area contributed by atoms with Crippen molar-refractivity contribution in [2.45, 2.75) is 65.0 Å². The fraction of sp³-hybridized carbons (Fsp3) is 0.455. The van der Waals surface area contributed by atoms with Gasteiger partial charge < -0.3 is 10.1 Å². The predicted molar refractivity (Wildman–Crippen MR) is 112 cm³/mol. The van der Waals surface area contributed by atoms with E-state index in [1.165, 1.54) is 6.42 Å². The molecule has 0 aliphatic heterocycles. The van der Waals surface area contributed by atoms with Crippen molar-refractivity contribution in [1.82, 2.24) is 9.97 Å². The van der Waals surface area contributed by atoms with Gasteiger partial charge in [-0.1, -0.05) is 50.1 Å². The maximum atomic E-state index is 12.6. The average Bonchev–Trinajstić information content (AvgIpc) is 2.75. The Bertz CT molecular complexity index is 741. The lowest BCUT2D eigenvalue weighted by molar-refractivity contribution is -0.142. The first-order valence-electron chi connectivity index (χ1n) is 10.0. The number of aryl methyl sites for hydroxylation is 1. The molecule has 1 aliphatic carbocycles. The molecule has 0 amide bonds. The molecule has 6 nitrogen and oxygen atoms in total. The SMILES string of the molecule is CC.Cc1ccc(C(Nc2ncccn2)C(=N)C(=O)OC2CCCCC2)cc1. The molecule has 1 heterocycles. The van der Waals surface area contributed by atoms with E-state index >= 15 is 0 Å². The largest absolute Gasteiger partial charge is 0.458 e. The summed E-state index contributed by atoms with van der Waals surface area (Å²) in [5.74, 6) is -0.209. The van der Waals surface area contributed by atoms with Crippen LogP contribution in [0.3, 0.4) is 0 Å². The number of benzene rings is 1. The van der Waals surface area contributed by atoms with Crippen molar-refractivity contribution in [3.63, 3.8) is 0 Å². The fourth-order valence-electron chi connectivity index (χ4n) is 3.10. The van der Waals surface area contributed by atoms with Crippen LogP contribution in [0.25, 0.3) is 0 Å². The van der Waals surface area contributed by atoms with Crippen LogP contribution in [0.1, 0.15) is 63.1 Å². The second-order valence-electron chi connectivity index (χ2n) is 6.64. The van der Waals surface area contributed by atoms with Gasteiger partial charge in [0, 0.05) is 12.4 Å². The summed E-state index contributed by atoms with van der Waals surface area (Å²) in [6.45, 7) is 6.00. The molecular weight excluding hydrogens is 352 g/mol. The van der Waals surface area contributed by atoms with Gasteiger partial charge in [-0.3, -0.25) is 5.41 Å². The third kappa shape index (κ3) is 6.15. The summed E-state index contributed by atoms with van der Waals surface area (Å²) in [6.07, 6.45) is 8.24. The molecule has 150 valence electrons. The number of ether oxygens (including phenoxy) is 1.